The lowest BCUT2D eigenvalue weighted by molar-refractivity contribution is 0.100. The van der Waals surface area contributed by atoms with E-state index in [0.717, 1.165) is 22.3 Å². The van der Waals surface area contributed by atoms with E-state index in [0.29, 0.717) is 5.56 Å². The zero-order chi connectivity index (χ0) is 16.4. The lowest BCUT2D eigenvalue weighted by Crippen LogP contribution is -2.14. The van der Waals surface area contributed by atoms with Crippen LogP contribution in [0.1, 0.15) is 21.5 Å². The summed E-state index contributed by atoms with van der Waals surface area (Å²) in [5.74, 6) is -0.406. The molecule has 0 atom stereocenters. The number of hydrogen-bond acceptors (Lipinski definition) is 1. The van der Waals surface area contributed by atoms with Crippen LogP contribution in [0, 0.1) is 13.8 Å². The van der Waals surface area contributed by atoms with Crippen molar-refractivity contribution in [2.24, 2.45) is 5.73 Å². The van der Waals surface area contributed by atoms with E-state index in [4.69, 9.17) is 5.73 Å². The molecule has 0 fully saturated rings. The Morgan fingerprint density at radius 3 is 1.43 bits per heavy atom. The maximum absolute atomic E-state index is 12.1. The molecule has 0 bridgehead atoms. The van der Waals surface area contributed by atoms with E-state index in [1.54, 1.807) is 0 Å². The highest BCUT2D eigenvalue weighted by Crippen LogP contribution is 2.32. The predicted molar refractivity (Wildman–Crippen MR) is 95.3 cm³/mol. The molecule has 0 saturated heterocycles. The highest BCUT2D eigenvalue weighted by molar-refractivity contribution is 6.06. The Kier molecular flexibility index (Phi) is 3.98. The molecule has 2 nitrogen and oxygen atoms in total. The maximum Gasteiger partial charge on any atom is 0.249 e. The summed E-state index contributed by atoms with van der Waals surface area (Å²) >= 11 is 0. The van der Waals surface area contributed by atoms with Gasteiger partial charge in [0, 0.05) is 0 Å². The summed E-state index contributed by atoms with van der Waals surface area (Å²) in [4.78, 5) is 12.1. The van der Waals surface area contributed by atoms with Gasteiger partial charge in [0.05, 0.1) is 5.56 Å². The number of carbonyl (C=O) groups excluding carboxylic acids is 1. The number of rotatable bonds is 3. The van der Waals surface area contributed by atoms with Crippen LogP contribution in [0.3, 0.4) is 0 Å². The molecule has 1 amide bonds. The molecule has 0 aliphatic rings. The van der Waals surface area contributed by atoms with Crippen molar-refractivity contribution in [2.75, 3.05) is 0 Å². The fraction of sp³-hybridized carbons (Fsp3) is 0.0952. The minimum atomic E-state index is -0.406. The summed E-state index contributed by atoms with van der Waals surface area (Å²) in [5, 5.41) is 0. The van der Waals surface area contributed by atoms with Gasteiger partial charge < -0.3 is 5.73 Å². The second kappa shape index (κ2) is 6.09. The molecule has 114 valence electrons. The van der Waals surface area contributed by atoms with Crippen molar-refractivity contribution in [3.05, 3.63) is 83.4 Å². The van der Waals surface area contributed by atoms with E-state index >= 15 is 0 Å². The van der Waals surface area contributed by atoms with Crippen molar-refractivity contribution >= 4 is 5.91 Å². The molecule has 3 rings (SSSR count). The van der Waals surface area contributed by atoms with Crippen molar-refractivity contribution in [1.29, 1.82) is 0 Å². The van der Waals surface area contributed by atoms with Gasteiger partial charge in [-0.05, 0) is 36.1 Å². The van der Waals surface area contributed by atoms with Gasteiger partial charge in [-0.1, -0.05) is 77.9 Å². The first-order valence-corrected chi connectivity index (χ1v) is 7.63. The summed E-state index contributed by atoms with van der Waals surface area (Å²) in [6.45, 7) is 4.09. The molecule has 2 N–H and O–H groups in total. The molecular formula is C21H19NO. The van der Waals surface area contributed by atoms with Gasteiger partial charge in [-0.3, -0.25) is 4.79 Å². The van der Waals surface area contributed by atoms with Gasteiger partial charge in [0.25, 0.3) is 0 Å². The zero-order valence-electron chi connectivity index (χ0n) is 13.3. The van der Waals surface area contributed by atoms with Gasteiger partial charge in [0.2, 0.25) is 5.91 Å². The summed E-state index contributed by atoms with van der Waals surface area (Å²) in [6.07, 6.45) is 0. The van der Waals surface area contributed by atoms with Gasteiger partial charge in [-0.2, -0.15) is 0 Å². The maximum atomic E-state index is 12.1. The largest absolute Gasteiger partial charge is 0.366 e. The Hall–Kier alpha value is -2.87. The molecule has 2 heteroatoms. The van der Waals surface area contributed by atoms with Gasteiger partial charge in [0.1, 0.15) is 0 Å². The number of amides is 1. The third kappa shape index (κ3) is 3.02. The third-order valence-corrected chi connectivity index (χ3v) is 4.04. The van der Waals surface area contributed by atoms with E-state index in [9.17, 15) is 4.79 Å². The first-order valence-electron chi connectivity index (χ1n) is 7.63. The molecular weight excluding hydrogens is 282 g/mol. The van der Waals surface area contributed by atoms with Crippen LogP contribution in [-0.2, 0) is 0 Å². The van der Waals surface area contributed by atoms with E-state index < -0.39 is 5.91 Å². The standard InChI is InChI=1S/C21H19NO/c1-14-6-10-16(11-7-14)18-4-3-5-19(20(18)21(22)23)17-12-8-15(2)9-13-17/h3-13H,1-2H3,(H2,22,23). The lowest BCUT2D eigenvalue weighted by atomic mass is 9.91. The van der Waals surface area contributed by atoms with Crippen LogP contribution in [0.25, 0.3) is 22.3 Å². The number of nitrogens with two attached hydrogens (primary N) is 1. The topological polar surface area (TPSA) is 43.1 Å². The van der Waals surface area contributed by atoms with E-state index in [2.05, 4.69) is 0 Å². The highest BCUT2D eigenvalue weighted by Gasteiger charge is 2.16. The quantitative estimate of drug-likeness (QED) is 0.746. The Morgan fingerprint density at radius 2 is 1.09 bits per heavy atom. The Labute approximate surface area is 136 Å². The molecule has 0 saturated carbocycles. The highest BCUT2D eigenvalue weighted by atomic mass is 16.1. The van der Waals surface area contributed by atoms with Crippen molar-refractivity contribution in [3.8, 4) is 22.3 Å². The number of benzene rings is 3. The average Bonchev–Trinajstić information content (AvgIpc) is 2.55. The summed E-state index contributed by atoms with van der Waals surface area (Å²) < 4.78 is 0. The second-order valence-electron chi connectivity index (χ2n) is 5.82. The molecule has 0 spiro atoms. The summed E-state index contributed by atoms with van der Waals surface area (Å²) in [5.41, 5.74) is 12.4. The van der Waals surface area contributed by atoms with Crippen LogP contribution in [-0.4, -0.2) is 5.91 Å². The van der Waals surface area contributed by atoms with Crippen molar-refractivity contribution < 1.29 is 4.79 Å². The molecule has 0 heterocycles. The first kappa shape index (κ1) is 15.0. The molecule has 0 aliphatic carbocycles. The fourth-order valence-electron chi connectivity index (χ4n) is 2.77. The Bertz CT molecular complexity index is 782. The normalized spacial score (nSPS) is 10.5. The average molecular weight is 301 g/mol. The van der Waals surface area contributed by atoms with Gasteiger partial charge >= 0.3 is 0 Å². The number of aryl methyl sites for hydroxylation is 2. The van der Waals surface area contributed by atoms with Gasteiger partial charge in [-0.25, -0.2) is 0 Å². The van der Waals surface area contributed by atoms with Crippen LogP contribution < -0.4 is 5.73 Å². The fourth-order valence-corrected chi connectivity index (χ4v) is 2.77. The Morgan fingerprint density at radius 1 is 0.696 bits per heavy atom. The molecule has 0 aliphatic heterocycles. The summed E-state index contributed by atoms with van der Waals surface area (Å²) in [7, 11) is 0. The minimum Gasteiger partial charge on any atom is -0.366 e. The minimum absolute atomic E-state index is 0.406. The smallest absolute Gasteiger partial charge is 0.249 e. The number of primary amides is 1. The van der Waals surface area contributed by atoms with E-state index in [1.165, 1.54) is 11.1 Å². The monoisotopic (exact) mass is 301 g/mol. The number of carbonyl (C=O) groups is 1. The molecule has 3 aromatic rings. The van der Waals surface area contributed by atoms with E-state index in [-0.39, 0.29) is 0 Å². The SMILES string of the molecule is Cc1ccc(-c2cccc(-c3ccc(C)cc3)c2C(N)=O)cc1. The van der Waals surface area contributed by atoms with Crippen LogP contribution in [0.4, 0.5) is 0 Å². The van der Waals surface area contributed by atoms with Crippen LogP contribution in [0.15, 0.2) is 66.7 Å². The molecule has 23 heavy (non-hydrogen) atoms. The van der Waals surface area contributed by atoms with Gasteiger partial charge in [0.15, 0.2) is 0 Å². The van der Waals surface area contributed by atoms with Crippen molar-refractivity contribution in [2.45, 2.75) is 13.8 Å². The van der Waals surface area contributed by atoms with E-state index in [1.807, 2.05) is 80.6 Å². The van der Waals surface area contributed by atoms with Crippen LogP contribution in [0.2, 0.25) is 0 Å². The first-order chi connectivity index (χ1) is 11.1. The van der Waals surface area contributed by atoms with Crippen LogP contribution in [0.5, 0.6) is 0 Å². The predicted octanol–water partition coefficient (Wildman–Crippen LogP) is 4.74. The van der Waals surface area contributed by atoms with Gasteiger partial charge in [-0.15, -0.1) is 0 Å². The molecule has 0 aromatic heterocycles. The van der Waals surface area contributed by atoms with Crippen molar-refractivity contribution in [1.82, 2.24) is 0 Å². The zero-order valence-corrected chi connectivity index (χ0v) is 13.3. The van der Waals surface area contributed by atoms with Crippen LogP contribution >= 0.6 is 0 Å². The number of hydrogen-bond donors (Lipinski definition) is 1. The third-order valence-electron chi connectivity index (χ3n) is 4.04. The molecule has 0 unspecified atom stereocenters. The Balaban J connectivity index is 2.22. The lowest BCUT2D eigenvalue weighted by Gasteiger charge is -2.13. The van der Waals surface area contributed by atoms with Crippen molar-refractivity contribution in [3.63, 3.8) is 0 Å². The molecule has 3 aromatic carbocycles. The second-order valence-corrected chi connectivity index (χ2v) is 5.82. The molecule has 0 radical (unpaired) electrons. The summed E-state index contributed by atoms with van der Waals surface area (Å²) in [6, 6.07) is 22.1.